The molecule has 4 aromatic rings. The third-order valence-electron chi connectivity index (χ3n) is 8.42. The minimum Gasteiger partial charge on any atom is -0.497 e. The minimum atomic E-state index is -3.59. The zero-order chi connectivity index (χ0) is 35.1. The lowest BCUT2D eigenvalue weighted by Gasteiger charge is -2.34. The summed E-state index contributed by atoms with van der Waals surface area (Å²) in [5.74, 6) is 2.70. The molecule has 0 unspecified atom stereocenters. The van der Waals surface area contributed by atoms with Crippen molar-refractivity contribution >= 4 is 21.0 Å². The van der Waals surface area contributed by atoms with Crippen LogP contribution in [0.4, 0.5) is 0 Å². The number of hydrogen-bond donors (Lipinski definition) is 0. The third-order valence-corrected chi connectivity index (χ3v) is 10.3. The van der Waals surface area contributed by atoms with E-state index in [1.165, 1.54) is 39.9 Å². The lowest BCUT2D eigenvalue weighted by atomic mass is 10.1. The fourth-order valence-electron chi connectivity index (χ4n) is 5.76. The number of nitrogens with zero attached hydrogens (tertiary/aromatic N) is 2. The van der Waals surface area contributed by atoms with E-state index in [2.05, 4.69) is 4.90 Å². The van der Waals surface area contributed by atoms with Gasteiger partial charge in [0.2, 0.25) is 27.0 Å². The summed E-state index contributed by atoms with van der Waals surface area (Å²) in [6, 6.07) is 13.0. The maximum absolute atomic E-state index is 14.0. The van der Waals surface area contributed by atoms with Crippen molar-refractivity contribution in [3.05, 3.63) is 58.8 Å². The number of sulfonamides is 1. The molecule has 0 aliphatic carbocycles. The Bertz CT molecular complexity index is 1890. The first-order valence-electron chi connectivity index (χ1n) is 15.7. The summed E-state index contributed by atoms with van der Waals surface area (Å²) in [6.45, 7) is 3.00. The van der Waals surface area contributed by atoms with Crippen LogP contribution in [-0.4, -0.2) is 99.6 Å². The minimum absolute atomic E-state index is 0.0163. The van der Waals surface area contributed by atoms with Crippen LogP contribution >= 0.6 is 0 Å². The highest BCUT2D eigenvalue weighted by Crippen LogP contribution is 2.44. The van der Waals surface area contributed by atoms with E-state index in [1.807, 2.05) is 0 Å². The molecule has 0 atom stereocenters. The Morgan fingerprint density at radius 1 is 0.694 bits per heavy atom. The summed E-state index contributed by atoms with van der Waals surface area (Å²) in [5.41, 5.74) is 0.330. The van der Waals surface area contributed by atoms with Gasteiger partial charge in [0.1, 0.15) is 28.2 Å². The molecular weight excluding hydrogens is 656 g/mol. The lowest BCUT2D eigenvalue weighted by Crippen LogP contribution is -2.48. The number of benzene rings is 3. The Morgan fingerprint density at radius 3 is 1.90 bits per heavy atom. The van der Waals surface area contributed by atoms with Crippen molar-refractivity contribution in [2.75, 3.05) is 82.0 Å². The van der Waals surface area contributed by atoms with Crippen LogP contribution in [0.2, 0.25) is 0 Å². The van der Waals surface area contributed by atoms with Gasteiger partial charge >= 0.3 is 0 Å². The largest absolute Gasteiger partial charge is 0.497 e. The van der Waals surface area contributed by atoms with Crippen molar-refractivity contribution in [1.82, 2.24) is 9.21 Å². The van der Waals surface area contributed by atoms with Gasteiger partial charge in [-0.3, -0.25) is 4.79 Å². The molecule has 0 radical (unpaired) electrons. The van der Waals surface area contributed by atoms with Crippen LogP contribution in [-0.2, 0) is 10.0 Å². The van der Waals surface area contributed by atoms with E-state index in [1.54, 1.807) is 55.6 Å². The first-order valence-corrected chi connectivity index (χ1v) is 17.2. The molecule has 264 valence electrons. The summed E-state index contributed by atoms with van der Waals surface area (Å²) in [7, 11) is 5.46. The van der Waals surface area contributed by atoms with Gasteiger partial charge in [0.05, 0.1) is 54.2 Å². The van der Waals surface area contributed by atoms with Gasteiger partial charge in [-0.05, 0) is 55.8 Å². The number of hydrogen-bond acceptors (Lipinski definition) is 12. The van der Waals surface area contributed by atoms with Crippen LogP contribution in [0.5, 0.6) is 40.2 Å². The van der Waals surface area contributed by atoms with Gasteiger partial charge in [-0.2, -0.15) is 4.31 Å². The zero-order valence-corrected chi connectivity index (χ0v) is 29.4. The van der Waals surface area contributed by atoms with Crippen molar-refractivity contribution in [2.45, 2.75) is 17.7 Å². The summed E-state index contributed by atoms with van der Waals surface area (Å²) in [5, 5.41) is 0.219. The molecule has 0 N–H and O–H groups in total. The Labute approximate surface area is 285 Å². The average Bonchev–Trinajstić information content (AvgIpc) is 3.14. The Hall–Kier alpha value is -4.66. The topological polar surface area (TPSA) is 135 Å². The Kier molecular flexibility index (Phi) is 11.4. The van der Waals surface area contributed by atoms with Crippen LogP contribution in [0.1, 0.15) is 12.8 Å². The number of unbranched alkanes of at least 4 members (excludes halogenated alkanes) is 1. The molecular formula is C35H42N2O11S. The summed E-state index contributed by atoms with van der Waals surface area (Å²) in [4.78, 5) is 16.5. The van der Waals surface area contributed by atoms with Gasteiger partial charge in [0, 0.05) is 43.9 Å². The van der Waals surface area contributed by atoms with Crippen LogP contribution in [0.15, 0.2) is 62.6 Å². The normalized spacial score (nSPS) is 14.0. The Balaban J connectivity index is 1.30. The van der Waals surface area contributed by atoms with Gasteiger partial charge in [0.15, 0.2) is 17.3 Å². The van der Waals surface area contributed by atoms with E-state index < -0.39 is 15.5 Å². The molecule has 0 spiro atoms. The Morgan fingerprint density at radius 2 is 1.33 bits per heavy atom. The zero-order valence-electron chi connectivity index (χ0n) is 28.6. The van der Waals surface area contributed by atoms with E-state index in [9.17, 15) is 13.2 Å². The van der Waals surface area contributed by atoms with E-state index in [-0.39, 0.29) is 39.7 Å². The number of fused-ring (bicyclic) bond motifs is 1. The maximum Gasteiger partial charge on any atom is 0.243 e. The molecule has 5 rings (SSSR count). The monoisotopic (exact) mass is 698 g/mol. The molecule has 1 saturated heterocycles. The average molecular weight is 699 g/mol. The highest BCUT2D eigenvalue weighted by Gasteiger charge is 2.29. The van der Waals surface area contributed by atoms with Gasteiger partial charge in [-0.15, -0.1) is 0 Å². The molecule has 14 heteroatoms. The molecule has 1 aliphatic rings. The molecule has 13 nitrogen and oxygen atoms in total. The molecule has 0 saturated carbocycles. The standard InChI is InChI=1S/C35H42N2O11S/c1-41-24-9-11-26(12-10-24)49(39,40)37-16-14-36(15-17-37)13-7-8-18-47-35-32(38)31-27(43-3)21-25(42-2)22-28(31)48-33(35)23-19-29(44-4)34(46-6)30(20-23)45-5/h9-12,19-22H,7-8,13-18H2,1-6H3. The number of piperazine rings is 1. The van der Waals surface area contributed by atoms with Crippen LogP contribution < -0.4 is 38.6 Å². The molecule has 0 amide bonds. The second-order valence-corrected chi connectivity index (χ2v) is 13.1. The molecule has 1 fully saturated rings. The molecule has 1 aliphatic heterocycles. The summed E-state index contributed by atoms with van der Waals surface area (Å²) in [6.07, 6.45) is 1.40. The van der Waals surface area contributed by atoms with Gasteiger partial charge in [0.25, 0.3) is 0 Å². The number of methoxy groups -OCH3 is 6. The summed E-state index contributed by atoms with van der Waals surface area (Å²) >= 11 is 0. The van der Waals surface area contributed by atoms with Gasteiger partial charge in [-0.25, -0.2) is 8.42 Å². The quantitative estimate of drug-likeness (QED) is 0.160. The highest BCUT2D eigenvalue weighted by molar-refractivity contribution is 7.89. The first kappa shape index (κ1) is 35.6. The smallest absolute Gasteiger partial charge is 0.243 e. The fourth-order valence-corrected chi connectivity index (χ4v) is 7.18. The second-order valence-electron chi connectivity index (χ2n) is 11.2. The first-order chi connectivity index (χ1) is 23.7. The van der Waals surface area contributed by atoms with Crippen molar-refractivity contribution in [3.8, 4) is 51.6 Å². The third kappa shape index (κ3) is 7.51. The van der Waals surface area contributed by atoms with Gasteiger partial charge < -0.3 is 42.5 Å². The van der Waals surface area contributed by atoms with E-state index in [0.29, 0.717) is 66.9 Å². The second kappa shape index (κ2) is 15.7. The number of rotatable bonds is 15. The van der Waals surface area contributed by atoms with Crippen molar-refractivity contribution in [2.24, 2.45) is 0 Å². The molecule has 0 bridgehead atoms. The number of ether oxygens (including phenoxy) is 7. The molecule has 2 heterocycles. The predicted molar refractivity (Wildman–Crippen MR) is 184 cm³/mol. The molecule has 3 aromatic carbocycles. The van der Waals surface area contributed by atoms with Crippen LogP contribution in [0, 0.1) is 0 Å². The molecule has 49 heavy (non-hydrogen) atoms. The van der Waals surface area contributed by atoms with Crippen molar-refractivity contribution in [3.63, 3.8) is 0 Å². The van der Waals surface area contributed by atoms with Crippen molar-refractivity contribution < 1.29 is 46.0 Å². The molecule has 1 aromatic heterocycles. The SMILES string of the molecule is COc1ccc(S(=O)(=O)N2CCN(CCCCOc3c(-c4cc(OC)c(OC)c(OC)c4)oc4cc(OC)cc(OC)c4c3=O)CC2)cc1. The van der Waals surface area contributed by atoms with E-state index in [4.69, 9.17) is 37.6 Å². The van der Waals surface area contributed by atoms with Crippen LogP contribution in [0.3, 0.4) is 0 Å². The summed E-state index contributed by atoms with van der Waals surface area (Å²) < 4.78 is 72.9. The van der Waals surface area contributed by atoms with Gasteiger partial charge in [-0.1, -0.05) is 0 Å². The lowest BCUT2D eigenvalue weighted by molar-refractivity contribution is 0.181. The maximum atomic E-state index is 14.0. The highest BCUT2D eigenvalue weighted by atomic mass is 32.2. The van der Waals surface area contributed by atoms with E-state index >= 15 is 0 Å². The van der Waals surface area contributed by atoms with Crippen LogP contribution in [0.25, 0.3) is 22.3 Å². The fraction of sp³-hybridized carbons (Fsp3) is 0.400. The van der Waals surface area contributed by atoms with E-state index in [0.717, 1.165) is 13.0 Å². The van der Waals surface area contributed by atoms with Crippen molar-refractivity contribution in [1.29, 1.82) is 0 Å². The predicted octanol–water partition coefficient (Wildman–Crippen LogP) is 4.68.